The fraction of sp³-hybridized carbons (Fsp3) is 0.400. The van der Waals surface area contributed by atoms with E-state index in [-0.39, 0.29) is 17.9 Å². The highest BCUT2D eigenvalue weighted by atomic mass is 16.6. The summed E-state index contributed by atoms with van der Waals surface area (Å²) >= 11 is 0. The zero-order valence-electron chi connectivity index (χ0n) is 12.4. The first-order chi connectivity index (χ1) is 10.3. The number of nitro benzene ring substituents is 1. The maximum Gasteiger partial charge on any atom is 0.269 e. The second-order valence-electron chi connectivity index (χ2n) is 5.32. The number of aliphatic hydroxyl groups is 2. The molecule has 0 radical (unpaired) electrons. The quantitative estimate of drug-likeness (QED) is 0.485. The van der Waals surface area contributed by atoms with E-state index >= 15 is 0 Å². The van der Waals surface area contributed by atoms with Crippen molar-refractivity contribution in [2.45, 2.75) is 18.9 Å². The third-order valence-corrected chi connectivity index (χ3v) is 3.97. The van der Waals surface area contributed by atoms with E-state index < -0.39 is 22.3 Å². The Hall–Kier alpha value is -2.25. The van der Waals surface area contributed by atoms with Crippen molar-refractivity contribution >= 4 is 17.3 Å². The highest BCUT2D eigenvalue weighted by Gasteiger charge is 2.51. The van der Waals surface area contributed by atoms with Gasteiger partial charge in [-0.1, -0.05) is 19.1 Å². The van der Waals surface area contributed by atoms with Crippen molar-refractivity contribution in [3.8, 4) is 0 Å². The van der Waals surface area contributed by atoms with Crippen LogP contribution in [-0.4, -0.2) is 34.7 Å². The molecule has 1 aliphatic rings. The van der Waals surface area contributed by atoms with Crippen LogP contribution in [-0.2, 0) is 10.4 Å². The van der Waals surface area contributed by atoms with Crippen LogP contribution >= 0.6 is 0 Å². The van der Waals surface area contributed by atoms with Crippen LogP contribution in [0.15, 0.2) is 30.4 Å². The molecule has 7 heteroatoms. The summed E-state index contributed by atoms with van der Waals surface area (Å²) in [6, 6.07) is 4.02. The molecule has 0 saturated carbocycles. The van der Waals surface area contributed by atoms with Crippen molar-refractivity contribution in [2.24, 2.45) is 5.92 Å². The molecule has 2 atom stereocenters. The Balaban J connectivity index is 2.51. The monoisotopic (exact) mass is 306 g/mol. The number of hydrogen-bond donors (Lipinski definition) is 2. The molecule has 1 amide bonds. The summed E-state index contributed by atoms with van der Waals surface area (Å²) in [6.45, 7) is 1.63. The summed E-state index contributed by atoms with van der Waals surface area (Å²) in [5, 5.41) is 30.7. The first-order valence-electron chi connectivity index (χ1n) is 6.91. The number of carbonyl (C=O) groups is 1. The molecule has 2 rings (SSSR count). The van der Waals surface area contributed by atoms with Crippen molar-refractivity contribution in [2.75, 3.05) is 18.6 Å². The van der Waals surface area contributed by atoms with Gasteiger partial charge in [0.25, 0.3) is 11.6 Å². The van der Waals surface area contributed by atoms with Crippen LogP contribution in [0, 0.1) is 16.0 Å². The Morgan fingerprint density at radius 2 is 2.18 bits per heavy atom. The Morgan fingerprint density at radius 3 is 2.77 bits per heavy atom. The predicted octanol–water partition coefficient (Wildman–Crippen LogP) is 1.33. The fourth-order valence-corrected chi connectivity index (χ4v) is 2.67. The minimum absolute atomic E-state index is 0.0302. The van der Waals surface area contributed by atoms with E-state index in [1.165, 1.54) is 30.1 Å². The van der Waals surface area contributed by atoms with Gasteiger partial charge in [0.2, 0.25) is 0 Å². The van der Waals surface area contributed by atoms with Gasteiger partial charge < -0.3 is 15.1 Å². The summed E-state index contributed by atoms with van der Waals surface area (Å²) in [6.07, 6.45) is 3.72. The molecule has 0 unspecified atom stereocenters. The van der Waals surface area contributed by atoms with Gasteiger partial charge in [0.05, 0.1) is 10.6 Å². The number of hydrogen-bond acceptors (Lipinski definition) is 5. The van der Waals surface area contributed by atoms with Gasteiger partial charge in [-0.15, -0.1) is 0 Å². The lowest BCUT2D eigenvalue weighted by atomic mass is 9.82. The van der Waals surface area contributed by atoms with E-state index in [1.54, 1.807) is 19.1 Å². The molecule has 118 valence electrons. The Bertz CT molecular complexity index is 643. The number of nitro groups is 1. The molecule has 0 saturated heterocycles. The molecule has 1 aromatic rings. The maximum atomic E-state index is 12.5. The molecule has 22 heavy (non-hydrogen) atoms. The van der Waals surface area contributed by atoms with E-state index in [1.807, 2.05) is 0 Å². The van der Waals surface area contributed by atoms with Gasteiger partial charge in [-0.25, -0.2) is 0 Å². The topological polar surface area (TPSA) is 104 Å². The van der Waals surface area contributed by atoms with Gasteiger partial charge in [0, 0.05) is 37.3 Å². The highest BCUT2D eigenvalue weighted by Crippen LogP contribution is 2.45. The molecular formula is C15H18N2O5. The van der Waals surface area contributed by atoms with Crippen molar-refractivity contribution in [1.82, 2.24) is 0 Å². The molecule has 0 fully saturated rings. The lowest BCUT2D eigenvalue weighted by Crippen LogP contribution is -2.43. The summed E-state index contributed by atoms with van der Waals surface area (Å²) in [5.74, 6) is -1.11. The number of amides is 1. The van der Waals surface area contributed by atoms with Crippen molar-refractivity contribution < 1.29 is 19.9 Å². The Morgan fingerprint density at radius 1 is 1.50 bits per heavy atom. The molecule has 1 heterocycles. The van der Waals surface area contributed by atoms with E-state index in [0.29, 0.717) is 12.1 Å². The number of non-ortho nitro benzene ring substituents is 1. The third-order valence-electron chi connectivity index (χ3n) is 3.97. The Labute approximate surface area is 127 Å². The molecule has 1 aromatic carbocycles. The molecular weight excluding hydrogens is 288 g/mol. The highest BCUT2D eigenvalue weighted by molar-refractivity contribution is 6.07. The van der Waals surface area contributed by atoms with Crippen LogP contribution in [0.2, 0.25) is 0 Å². The van der Waals surface area contributed by atoms with Gasteiger partial charge in [-0.3, -0.25) is 14.9 Å². The smallest absolute Gasteiger partial charge is 0.269 e. The van der Waals surface area contributed by atoms with Crippen LogP contribution in [0.5, 0.6) is 0 Å². The second kappa shape index (κ2) is 5.86. The molecule has 0 aliphatic carbocycles. The van der Waals surface area contributed by atoms with Crippen molar-refractivity contribution in [1.29, 1.82) is 0 Å². The van der Waals surface area contributed by atoms with Gasteiger partial charge >= 0.3 is 0 Å². The minimum Gasteiger partial charge on any atom is -0.396 e. The van der Waals surface area contributed by atoms with Gasteiger partial charge in [0.15, 0.2) is 5.60 Å². The third kappa shape index (κ3) is 2.38. The lowest BCUT2D eigenvalue weighted by molar-refractivity contribution is -0.385. The van der Waals surface area contributed by atoms with Crippen LogP contribution in [0.1, 0.15) is 18.9 Å². The number of fused-ring (bicyclic) bond motifs is 1. The van der Waals surface area contributed by atoms with E-state index in [9.17, 15) is 20.0 Å². The van der Waals surface area contributed by atoms with Crippen LogP contribution in [0.25, 0.3) is 0 Å². The molecule has 2 N–H and O–H groups in total. The first-order valence-corrected chi connectivity index (χ1v) is 6.91. The van der Waals surface area contributed by atoms with Crippen molar-refractivity contribution in [3.63, 3.8) is 0 Å². The largest absolute Gasteiger partial charge is 0.396 e. The van der Waals surface area contributed by atoms with Crippen LogP contribution < -0.4 is 4.90 Å². The number of anilines is 1. The lowest BCUT2D eigenvalue weighted by Gasteiger charge is -2.26. The minimum atomic E-state index is -1.85. The molecule has 7 nitrogen and oxygen atoms in total. The average molecular weight is 306 g/mol. The number of carbonyl (C=O) groups excluding carboxylic acids is 1. The van der Waals surface area contributed by atoms with E-state index in [0.717, 1.165) is 0 Å². The second-order valence-corrected chi connectivity index (χ2v) is 5.32. The summed E-state index contributed by atoms with van der Waals surface area (Å²) in [7, 11) is 1.52. The van der Waals surface area contributed by atoms with Crippen molar-refractivity contribution in [3.05, 3.63) is 46.0 Å². The standard InChI is InChI=1S/C15H18N2O5/c1-10(5-3-4-8-18)15(20)12-9-11(17(21)22)6-7-13(12)16(2)14(15)19/h3,5-7,9-10,18,20H,4,8H2,1-2H3/b5-3+/t10-,15+/m1/s1. The zero-order valence-corrected chi connectivity index (χ0v) is 12.4. The number of nitrogens with zero attached hydrogens (tertiary/aromatic N) is 2. The number of aliphatic hydroxyl groups excluding tert-OH is 1. The number of benzene rings is 1. The van der Waals surface area contributed by atoms with Gasteiger partial charge in [-0.05, 0) is 12.5 Å². The molecule has 0 aromatic heterocycles. The number of rotatable bonds is 5. The predicted molar refractivity (Wildman–Crippen MR) is 80.4 cm³/mol. The molecule has 0 spiro atoms. The van der Waals surface area contributed by atoms with Crippen LogP contribution in [0.4, 0.5) is 11.4 Å². The van der Waals surface area contributed by atoms with Gasteiger partial charge in [0.1, 0.15) is 0 Å². The summed E-state index contributed by atoms with van der Waals surface area (Å²) in [4.78, 5) is 24.1. The molecule has 0 bridgehead atoms. The Kier molecular flexibility index (Phi) is 4.30. The van der Waals surface area contributed by atoms with Crippen LogP contribution in [0.3, 0.4) is 0 Å². The SMILES string of the molecule is C[C@H](/C=C/CCO)[C@@]1(O)C(=O)N(C)c2ccc([N+](=O)[O-])cc21. The number of likely N-dealkylation sites (N-methyl/N-ethyl adjacent to an activating group) is 1. The first kappa shape index (κ1) is 16.1. The zero-order chi connectivity index (χ0) is 16.5. The summed E-state index contributed by atoms with van der Waals surface area (Å²) < 4.78 is 0. The maximum absolute atomic E-state index is 12.5. The fourth-order valence-electron chi connectivity index (χ4n) is 2.67. The molecule has 1 aliphatic heterocycles. The van der Waals surface area contributed by atoms with E-state index in [2.05, 4.69) is 0 Å². The normalized spacial score (nSPS) is 22.2. The van der Waals surface area contributed by atoms with E-state index in [4.69, 9.17) is 5.11 Å². The average Bonchev–Trinajstić information content (AvgIpc) is 2.70. The summed E-state index contributed by atoms with van der Waals surface area (Å²) in [5.41, 5.74) is -1.33. The van der Waals surface area contributed by atoms with Gasteiger partial charge in [-0.2, -0.15) is 0 Å².